The van der Waals surface area contributed by atoms with Crippen molar-refractivity contribution in [2.24, 2.45) is 58.7 Å². The average molecular weight is 1200 g/mol. The molecule has 2 aliphatic heterocycles. The number of rotatable bonds is 18. The molecule has 2 aliphatic carbocycles. The van der Waals surface area contributed by atoms with Crippen LogP contribution < -0.4 is 0 Å². The number of imide groups is 1. The zero-order valence-corrected chi connectivity index (χ0v) is 56.1. The lowest BCUT2D eigenvalue weighted by Gasteiger charge is -2.13. The van der Waals surface area contributed by atoms with E-state index < -0.39 is 0 Å². The second-order valence-corrected chi connectivity index (χ2v) is 27.8. The second-order valence-electron chi connectivity index (χ2n) is 27.5. The third-order valence-electron chi connectivity index (χ3n) is 14.6. The van der Waals surface area contributed by atoms with Crippen molar-refractivity contribution in [2.75, 3.05) is 19.0 Å². The molecule has 2 heterocycles. The first-order valence-electron chi connectivity index (χ1n) is 32.0. The maximum absolute atomic E-state index is 12.9. The van der Waals surface area contributed by atoms with Crippen LogP contribution >= 0.6 is 11.6 Å². The van der Waals surface area contributed by atoms with E-state index in [0.717, 1.165) is 78.7 Å². The molecule has 85 heavy (non-hydrogen) atoms. The van der Waals surface area contributed by atoms with Crippen LogP contribution in [0.1, 0.15) is 256 Å². The minimum atomic E-state index is -0.0822. The molecule has 2 saturated heterocycles. The van der Waals surface area contributed by atoms with Gasteiger partial charge in [-0.1, -0.05) is 248 Å². The SMILES string of the molecule is C.C.C.C.CC(C)C1CC1.CC(C)CC1(CCl)CC1.CC(C)CC1CCCO1.CC(C)CCCN1C(=O)CCC1=O.CC(C)Cc1ccccc1F.Cc1ccc(CC(C)C)cc1.Cc1ccc(CC(C)C)cc1.Cc1cccc(CC(C)C)c1. The number of likely N-dealkylation sites (tertiary alicyclic amines) is 1. The molecule has 4 nitrogen and oxygen atoms in total. The molecule has 1 unspecified atom stereocenters. The molecule has 0 aromatic heterocycles. The maximum atomic E-state index is 12.9. The van der Waals surface area contributed by atoms with Gasteiger partial charge in [-0.15, -0.1) is 11.6 Å². The Hall–Kier alpha value is -3.80. The highest BCUT2D eigenvalue weighted by atomic mass is 35.5. The Morgan fingerprint density at radius 2 is 1.01 bits per heavy atom. The van der Waals surface area contributed by atoms with Crippen molar-refractivity contribution in [1.29, 1.82) is 0 Å². The minimum absolute atomic E-state index is 0. The minimum Gasteiger partial charge on any atom is -0.378 e. The van der Waals surface area contributed by atoms with Crippen LogP contribution in [0.3, 0.4) is 0 Å². The normalized spacial score (nSPS) is 15.1. The number of halogens is 2. The number of carbonyl (C=O) groups is 2. The number of hydrogen-bond donors (Lipinski definition) is 0. The molecular weight excluding hydrogens is 1070 g/mol. The van der Waals surface area contributed by atoms with Gasteiger partial charge in [-0.3, -0.25) is 14.5 Å². The summed E-state index contributed by atoms with van der Waals surface area (Å²) >= 11 is 5.80. The van der Waals surface area contributed by atoms with Gasteiger partial charge in [0, 0.05) is 31.9 Å². The Morgan fingerprint density at radius 1 is 0.541 bits per heavy atom. The molecule has 4 aromatic rings. The first-order chi connectivity index (χ1) is 38.1. The molecule has 8 rings (SSSR count). The van der Waals surface area contributed by atoms with Crippen molar-refractivity contribution >= 4 is 23.4 Å². The number of carbonyl (C=O) groups excluding carboxylic acids is 2. The highest BCUT2D eigenvalue weighted by Crippen LogP contribution is 2.51. The third-order valence-corrected chi connectivity index (χ3v) is 15.1. The number of aryl methyl sites for hydroxylation is 3. The quantitative estimate of drug-likeness (QED) is 0.0737. The van der Waals surface area contributed by atoms with Crippen molar-refractivity contribution in [3.8, 4) is 0 Å². The van der Waals surface area contributed by atoms with E-state index in [1.165, 1.54) is 115 Å². The summed E-state index contributed by atoms with van der Waals surface area (Å²) in [7, 11) is 0. The molecule has 4 aromatic carbocycles. The van der Waals surface area contributed by atoms with Gasteiger partial charge in [-0.2, -0.15) is 0 Å². The van der Waals surface area contributed by atoms with E-state index in [2.05, 4.69) is 204 Å². The Kier molecular flexibility index (Phi) is 50.6. The fraction of sp³-hybridized carbons (Fsp3) is 0.671. The standard InChI is InChI=1S/3C11H16.C10H13F.C10H17NO2.C8H15Cl.C8H16O.C6H12.4CH4/c2*1-9(2)8-11-6-4-10(3)5-7-11;1-9(2)7-11-6-4-5-10(3)8-11;1-8(2)7-9-5-3-4-6-10(9)11;1-8(2)4-3-7-11-9(12)5-6-10(11)13;1-7(2)5-8(6-9)3-4-8;1-7(2)6-8-4-3-5-9-8;1-5(2)6-3-4-6;;;;/h2*4-7,9H,8H2,1-3H3;4-6,8-9H,7H2,1-3H3;3-6,8H,7H2,1-2H3;8H,3-7H2,1-2H3;7H,3-6H2,1-2H3;7-8H,3-6H2,1-2H3;5-6H,3-4H2,1-2H3;4*1H4. The summed E-state index contributed by atoms with van der Waals surface area (Å²) in [5, 5.41) is 0. The molecule has 4 aliphatic rings. The molecule has 2 amide bonds. The number of amides is 2. The van der Waals surface area contributed by atoms with E-state index in [1.807, 2.05) is 12.1 Å². The summed E-state index contributed by atoms with van der Waals surface area (Å²) in [6, 6.07) is 33.3. The molecular formula is C79H137ClFNO3. The van der Waals surface area contributed by atoms with Crippen molar-refractivity contribution in [1.82, 2.24) is 4.90 Å². The van der Waals surface area contributed by atoms with Gasteiger partial charge in [0.25, 0.3) is 0 Å². The average Bonchev–Trinajstić information content (AvgIpc) is 4.52. The fourth-order valence-electron chi connectivity index (χ4n) is 9.89. The van der Waals surface area contributed by atoms with Gasteiger partial charge in [0.1, 0.15) is 5.82 Å². The largest absolute Gasteiger partial charge is 0.378 e. The number of alkyl halides is 1. The first-order valence-corrected chi connectivity index (χ1v) is 32.6. The molecule has 0 spiro atoms. The highest BCUT2D eigenvalue weighted by molar-refractivity contribution is 6.18. The summed E-state index contributed by atoms with van der Waals surface area (Å²) in [6.45, 7) is 43.6. The third kappa shape index (κ3) is 46.0. The summed E-state index contributed by atoms with van der Waals surface area (Å²) in [6.07, 6.45) is 18.7. The predicted octanol–water partition coefficient (Wildman–Crippen LogP) is 24.0. The van der Waals surface area contributed by atoms with E-state index >= 15 is 0 Å². The van der Waals surface area contributed by atoms with Crippen molar-refractivity contribution in [3.63, 3.8) is 0 Å². The first kappa shape index (κ1) is 87.6. The van der Waals surface area contributed by atoms with Gasteiger partial charge in [0.05, 0.1) is 6.10 Å². The predicted molar refractivity (Wildman–Crippen MR) is 379 cm³/mol. The lowest BCUT2D eigenvalue weighted by molar-refractivity contribution is -0.138. The second kappa shape index (κ2) is 49.1. The Bertz CT molecular complexity index is 2140. The van der Waals surface area contributed by atoms with E-state index in [0.29, 0.717) is 42.7 Å². The number of benzene rings is 4. The number of hydrogen-bond acceptors (Lipinski definition) is 3. The van der Waals surface area contributed by atoms with Gasteiger partial charge in [0.2, 0.25) is 11.8 Å². The van der Waals surface area contributed by atoms with Crippen molar-refractivity contribution in [3.05, 3.63) is 142 Å². The monoisotopic (exact) mass is 1200 g/mol. The smallest absolute Gasteiger partial charge is 0.229 e. The topological polar surface area (TPSA) is 46.6 Å². The molecule has 2 saturated carbocycles. The van der Waals surface area contributed by atoms with E-state index in [9.17, 15) is 14.0 Å². The van der Waals surface area contributed by atoms with Gasteiger partial charge >= 0.3 is 0 Å². The van der Waals surface area contributed by atoms with Gasteiger partial charge < -0.3 is 4.74 Å². The lowest BCUT2D eigenvalue weighted by Crippen LogP contribution is -2.30. The van der Waals surface area contributed by atoms with Gasteiger partial charge in [-0.25, -0.2) is 4.39 Å². The van der Waals surface area contributed by atoms with Crippen molar-refractivity contribution in [2.45, 2.75) is 270 Å². The summed E-state index contributed by atoms with van der Waals surface area (Å²) in [5.41, 5.74) is 9.81. The van der Waals surface area contributed by atoms with Crippen LogP contribution in [-0.4, -0.2) is 41.8 Å². The molecule has 0 N–H and O–H groups in total. The fourth-order valence-corrected chi connectivity index (χ4v) is 10.3. The van der Waals surface area contributed by atoms with Crippen LogP contribution in [0.2, 0.25) is 0 Å². The van der Waals surface area contributed by atoms with Crippen molar-refractivity contribution < 1.29 is 18.7 Å². The zero-order valence-electron chi connectivity index (χ0n) is 55.4. The molecule has 1 atom stereocenters. The highest BCUT2D eigenvalue weighted by Gasteiger charge is 2.41. The van der Waals surface area contributed by atoms with Crippen LogP contribution in [0.4, 0.5) is 4.39 Å². The number of ether oxygens (including phenoxy) is 1. The van der Waals surface area contributed by atoms with Crippen LogP contribution in [0.15, 0.2) is 97.1 Å². The van der Waals surface area contributed by atoms with E-state index in [4.69, 9.17) is 16.3 Å². The summed E-state index contributed by atoms with van der Waals surface area (Å²) in [4.78, 5) is 23.7. The van der Waals surface area contributed by atoms with Gasteiger partial charge in [0.15, 0.2) is 0 Å². The van der Waals surface area contributed by atoms with Gasteiger partial charge in [-0.05, 0) is 198 Å². The molecule has 4 fully saturated rings. The Morgan fingerprint density at radius 3 is 1.34 bits per heavy atom. The van der Waals surface area contributed by atoms with Crippen LogP contribution in [0, 0.1) is 85.3 Å². The lowest BCUT2D eigenvalue weighted by atomic mass is 9.96. The maximum Gasteiger partial charge on any atom is 0.229 e. The van der Waals surface area contributed by atoms with Crippen LogP contribution in [-0.2, 0) is 40.0 Å². The number of nitrogens with zero attached hydrogens (tertiary/aromatic N) is 1. The summed E-state index contributed by atoms with van der Waals surface area (Å²) in [5.74, 6) is 7.95. The zero-order chi connectivity index (χ0) is 61.1. The van der Waals surface area contributed by atoms with E-state index in [-0.39, 0.29) is 47.3 Å². The van der Waals surface area contributed by atoms with Crippen LogP contribution in [0.25, 0.3) is 0 Å². The molecule has 0 radical (unpaired) electrons. The molecule has 0 bridgehead atoms. The Balaban J connectivity index is -0.000000441. The molecule has 490 valence electrons. The Labute approximate surface area is 533 Å². The molecule has 6 heteroatoms. The summed E-state index contributed by atoms with van der Waals surface area (Å²) < 4.78 is 18.4. The van der Waals surface area contributed by atoms with Crippen LogP contribution in [0.5, 0.6) is 0 Å². The van der Waals surface area contributed by atoms with E-state index in [1.54, 1.807) is 6.07 Å².